The van der Waals surface area contributed by atoms with Crippen LogP contribution in [0.2, 0.25) is 0 Å². The molecule has 0 saturated heterocycles. The van der Waals surface area contributed by atoms with Crippen LogP contribution in [0.3, 0.4) is 0 Å². The zero-order chi connectivity index (χ0) is 14.9. The molecule has 0 aliphatic heterocycles. The van der Waals surface area contributed by atoms with Gasteiger partial charge >= 0.3 is 0 Å². The molecule has 0 radical (unpaired) electrons. The van der Waals surface area contributed by atoms with Crippen LogP contribution in [0, 0.1) is 0 Å². The molecule has 1 unspecified atom stereocenters. The molecule has 0 heterocycles. The highest BCUT2D eigenvalue weighted by atomic mass is 16.3. The highest BCUT2D eigenvalue weighted by Crippen LogP contribution is 2.12. The second-order valence-electron chi connectivity index (χ2n) is 5.84. The van der Waals surface area contributed by atoms with E-state index in [0.717, 1.165) is 6.42 Å². The van der Waals surface area contributed by atoms with Crippen molar-refractivity contribution in [3.8, 4) is 0 Å². The summed E-state index contributed by atoms with van der Waals surface area (Å²) in [4.78, 5) is 0. The van der Waals surface area contributed by atoms with Gasteiger partial charge in [-0.1, -0.05) is 89.4 Å². The predicted octanol–water partition coefficient (Wildman–Crippen LogP) is 6.18. The zero-order valence-corrected chi connectivity index (χ0v) is 13.7. The average molecular weight is 280 g/mol. The number of unbranched alkanes of at least 4 members (excludes halogenated alkanes) is 11. The van der Waals surface area contributed by atoms with Crippen LogP contribution in [-0.4, -0.2) is 11.2 Å². The molecule has 0 fully saturated rings. The largest absolute Gasteiger partial charge is 0.389 e. The molecule has 0 spiro atoms. The van der Waals surface area contributed by atoms with Crippen molar-refractivity contribution in [3.05, 3.63) is 24.8 Å². The van der Waals surface area contributed by atoms with Gasteiger partial charge in [0.25, 0.3) is 0 Å². The van der Waals surface area contributed by atoms with E-state index in [0.29, 0.717) is 6.42 Å². The molecule has 0 aromatic carbocycles. The van der Waals surface area contributed by atoms with Crippen molar-refractivity contribution in [2.75, 3.05) is 0 Å². The average Bonchev–Trinajstić information content (AvgIpc) is 2.44. The molecular weight excluding hydrogens is 244 g/mol. The van der Waals surface area contributed by atoms with E-state index in [2.05, 4.69) is 19.6 Å². The number of rotatable bonds is 15. The maximum absolute atomic E-state index is 9.47. The Morgan fingerprint density at radius 2 is 1.35 bits per heavy atom. The number of aliphatic hydroxyl groups excluding tert-OH is 1. The van der Waals surface area contributed by atoms with Gasteiger partial charge in [-0.15, -0.1) is 6.58 Å². The lowest BCUT2D eigenvalue weighted by atomic mass is 10.1. The van der Waals surface area contributed by atoms with Crippen molar-refractivity contribution in [3.63, 3.8) is 0 Å². The van der Waals surface area contributed by atoms with E-state index >= 15 is 0 Å². The highest BCUT2D eigenvalue weighted by Gasteiger charge is 1.94. The summed E-state index contributed by atoms with van der Waals surface area (Å²) in [7, 11) is 0. The first kappa shape index (κ1) is 19.4. The lowest BCUT2D eigenvalue weighted by Gasteiger charge is -2.02. The van der Waals surface area contributed by atoms with Crippen LogP contribution >= 0.6 is 0 Å². The van der Waals surface area contributed by atoms with E-state index in [4.69, 9.17) is 0 Å². The summed E-state index contributed by atoms with van der Waals surface area (Å²) in [6, 6.07) is 0. The summed E-state index contributed by atoms with van der Waals surface area (Å²) in [6.45, 7) is 5.89. The van der Waals surface area contributed by atoms with Gasteiger partial charge in [-0.3, -0.25) is 0 Å². The summed E-state index contributed by atoms with van der Waals surface area (Å²) in [5.74, 6) is 0. The summed E-state index contributed by atoms with van der Waals surface area (Å²) in [5, 5.41) is 9.47. The SMILES string of the molecule is C=CCC(O)/C=C/CCCCCCCCCCCCC. The Balaban J connectivity index is 3.11. The molecule has 1 atom stereocenters. The second kappa shape index (κ2) is 16.5. The normalized spacial score (nSPS) is 12.9. The topological polar surface area (TPSA) is 20.2 Å². The molecule has 0 saturated carbocycles. The van der Waals surface area contributed by atoms with Gasteiger partial charge in [0.1, 0.15) is 0 Å². The van der Waals surface area contributed by atoms with Crippen LogP contribution in [0.25, 0.3) is 0 Å². The molecule has 0 bridgehead atoms. The molecule has 1 N–H and O–H groups in total. The van der Waals surface area contributed by atoms with Crippen molar-refractivity contribution in [2.24, 2.45) is 0 Å². The molecule has 0 aromatic heterocycles. The fourth-order valence-corrected chi connectivity index (χ4v) is 2.43. The van der Waals surface area contributed by atoms with Crippen molar-refractivity contribution in [1.29, 1.82) is 0 Å². The van der Waals surface area contributed by atoms with E-state index in [-0.39, 0.29) is 6.10 Å². The standard InChI is InChI=1S/C19H36O/c1-3-5-6-7-8-9-10-11-12-13-14-15-16-18-19(20)17-4-2/h4,16,18-20H,2-3,5-15,17H2,1H3/b18-16+. The van der Waals surface area contributed by atoms with E-state index in [9.17, 15) is 5.11 Å². The van der Waals surface area contributed by atoms with Gasteiger partial charge in [0.05, 0.1) is 6.10 Å². The third-order valence-corrected chi connectivity index (χ3v) is 3.74. The molecule has 118 valence electrons. The van der Waals surface area contributed by atoms with Crippen LogP contribution in [0.15, 0.2) is 24.8 Å². The van der Waals surface area contributed by atoms with E-state index < -0.39 is 0 Å². The maximum Gasteiger partial charge on any atom is 0.0755 e. The van der Waals surface area contributed by atoms with Gasteiger partial charge in [-0.05, 0) is 19.3 Å². The zero-order valence-electron chi connectivity index (χ0n) is 13.7. The van der Waals surface area contributed by atoms with E-state index in [1.165, 1.54) is 70.6 Å². The molecule has 0 amide bonds. The highest BCUT2D eigenvalue weighted by molar-refractivity contribution is 4.91. The molecule has 0 rings (SSSR count). The fourth-order valence-electron chi connectivity index (χ4n) is 2.43. The van der Waals surface area contributed by atoms with Crippen LogP contribution in [0.5, 0.6) is 0 Å². The first-order chi connectivity index (χ1) is 9.81. The number of hydrogen-bond donors (Lipinski definition) is 1. The number of aliphatic hydroxyl groups is 1. The van der Waals surface area contributed by atoms with Gasteiger partial charge in [0.2, 0.25) is 0 Å². The first-order valence-corrected chi connectivity index (χ1v) is 8.76. The van der Waals surface area contributed by atoms with Crippen molar-refractivity contribution < 1.29 is 5.11 Å². The third kappa shape index (κ3) is 15.5. The number of hydrogen-bond acceptors (Lipinski definition) is 1. The Kier molecular flexibility index (Phi) is 16.0. The van der Waals surface area contributed by atoms with Crippen LogP contribution in [0.4, 0.5) is 0 Å². The minimum Gasteiger partial charge on any atom is -0.389 e. The summed E-state index contributed by atoms with van der Waals surface area (Å²) in [5.41, 5.74) is 0. The molecule has 0 aliphatic rings. The molecular formula is C19H36O. The van der Waals surface area contributed by atoms with Gasteiger partial charge in [0, 0.05) is 0 Å². The van der Waals surface area contributed by atoms with E-state index in [1.54, 1.807) is 6.08 Å². The van der Waals surface area contributed by atoms with Gasteiger partial charge in [-0.25, -0.2) is 0 Å². The smallest absolute Gasteiger partial charge is 0.0755 e. The third-order valence-electron chi connectivity index (χ3n) is 3.74. The Morgan fingerprint density at radius 1 is 0.850 bits per heavy atom. The Labute approximate surface area is 127 Å². The Bertz CT molecular complexity index is 220. The lowest BCUT2D eigenvalue weighted by Crippen LogP contribution is -1.98. The lowest BCUT2D eigenvalue weighted by molar-refractivity contribution is 0.226. The van der Waals surface area contributed by atoms with E-state index in [1.807, 2.05) is 6.08 Å². The summed E-state index contributed by atoms with van der Waals surface area (Å²) >= 11 is 0. The Morgan fingerprint density at radius 3 is 1.85 bits per heavy atom. The van der Waals surface area contributed by atoms with Crippen LogP contribution in [-0.2, 0) is 0 Å². The van der Waals surface area contributed by atoms with Crippen molar-refractivity contribution in [2.45, 2.75) is 96.5 Å². The molecule has 1 heteroatoms. The second-order valence-corrected chi connectivity index (χ2v) is 5.84. The van der Waals surface area contributed by atoms with Crippen LogP contribution in [0.1, 0.15) is 90.4 Å². The van der Waals surface area contributed by atoms with Gasteiger partial charge in [0.15, 0.2) is 0 Å². The monoisotopic (exact) mass is 280 g/mol. The van der Waals surface area contributed by atoms with Crippen molar-refractivity contribution in [1.82, 2.24) is 0 Å². The summed E-state index contributed by atoms with van der Waals surface area (Å²) in [6.07, 6.45) is 22.5. The summed E-state index contributed by atoms with van der Waals surface area (Å²) < 4.78 is 0. The quantitative estimate of drug-likeness (QED) is 0.280. The molecule has 0 aliphatic carbocycles. The molecule has 1 nitrogen and oxygen atoms in total. The minimum atomic E-state index is -0.333. The number of allylic oxidation sites excluding steroid dienone is 1. The molecule has 20 heavy (non-hydrogen) atoms. The Hall–Kier alpha value is -0.560. The fraction of sp³-hybridized carbons (Fsp3) is 0.789. The first-order valence-electron chi connectivity index (χ1n) is 8.76. The molecule has 0 aromatic rings. The minimum absolute atomic E-state index is 0.333. The van der Waals surface area contributed by atoms with Crippen LogP contribution < -0.4 is 0 Å². The van der Waals surface area contributed by atoms with Gasteiger partial charge < -0.3 is 5.11 Å². The predicted molar refractivity (Wildman–Crippen MR) is 91.0 cm³/mol. The van der Waals surface area contributed by atoms with Gasteiger partial charge in [-0.2, -0.15) is 0 Å². The maximum atomic E-state index is 9.47. The van der Waals surface area contributed by atoms with Crippen molar-refractivity contribution >= 4 is 0 Å².